The van der Waals surface area contributed by atoms with E-state index in [0.717, 1.165) is 4.01 Å². The molecule has 0 aromatic heterocycles. The Morgan fingerprint density at radius 1 is 1.22 bits per heavy atom. The van der Waals surface area contributed by atoms with Gasteiger partial charge in [0.05, 0.1) is 0 Å². The third-order valence-electron chi connectivity index (χ3n) is 1.53. The molecule has 0 amide bonds. The molecule has 0 aliphatic heterocycles. The Balaban J connectivity index is 3.07. The molecule has 1 heteroatoms. The minimum atomic E-state index is -0.159. The number of hydrogen-bond acceptors (Lipinski definition) is 0. The van der Waals surface area contributed by atoms with Crippen LogP contribution >= 0.6 is 0 Å². The van der Waals surface area contributed by atoms with Gasteiger partial charge in [-0.1, -0.05) is 0 Å². The Bertz CT molecular complexity index is 61.5. The summed E-state index contributed by atoms with van der Waals surface area (Å²) in [5.74, 6) is 0. The summed E-state index contributed by atoms with van der Waals surface area (Å²) < 4.78 is 0.738. The van der Waals surface area contributed by atoms with Gasteiger partial charge in [-0.15, -0.1) is 0 Å². The van der Waals surface area contributed by atoms with Crippen LogP contribution in [-0.2, 0) is 17.1 Å². The van der Waals surface area contributed by atoms with E-state index in [-0.39, 0.29) is 17.1 Å². The first-order valence-electron chi connectivity index (χ1n) is 4.06. The van der Waals surface area contributed by atoms with Crippen molar-refractivity contribution < 1.29 is 17.1 Å². The molecule has 0 N–H and O–H groups in total. The predicted molar refractivity (Wildman–Crippen MR) is 39.4 cm³/mol. The van der Waals surface area contributed by atoms with E-state index in [1.807, 2.05) is 0 Å². The summed E-state index contributed by atoms with van der Waals surface area (Å²) in [6.45, 7) is 9.46. The molecule has 52 valence electrons. The van der Waals surface area contributed by atoms with Gasteiger partial charge in [0, 0.05) is 0 Å². The van der Waals surface area contributed by atoms with E-state index >= 15 is 0 Å². The summed E-state index contributed by atoms with van der Waals surface area (Å²) in [6.07, 6.45) is 2.87. The molecule has 0 aromatic carbocycles. The van der Waals surface area contributed by atoms with Crippen LogP contribution in [0.15, 0.2) is 0 Å². The average Bonchev–Trinajstić information content (AvgIpc) is 1.63. The van der Waals surface area contributed by atoms with Crippen molar-refractivity contribution in [3.05, 3.63) is 0 Å². The van der Waals surface area contributed by atoms with Gasteiger partial charge in [0.15, 0.2) is 0 Å². The molecule has 0 spiro atoms. The SMILES string of the molecule is CCC[CH2][Zn][C](C)(C)C. The molecular formula is C8H18Zn. The second-order valence-electron chi connectivity index (χ2n) is 4.02. The fourth-order valence-electron chi connectivity index (χ4n) is 0.905. The Morgan fingerprint density at radius 2 is 1.78 bits per heavy atom. The van der Waals surface area contributed by atoms with Crippen molar-refractivity contribution in [1.82, 2.24) is 0 Å². The molecule has 0 bridgehead atoms. The normalized spacial score (nSPS) is 11.1. The van der Waals surface area contributed by atoms with Crippen molar-refractivity contribution >= 4 is 0 Å². The maximum absolute atomic E-state index is 2.39. The molecule has 0 aliphatic carbocycles. The first kappa shape index (κ1) is 9.62. The van der Waals surface area contributed by atoms with E-state index in [1.54, 1.807) is 5.02 Å². The van der Waals surface area contributed by atoms with Crippen LogP contribution in [0.4, 0.5) is 0 Å². The fourth-order valence-corrected chi connectivity index (χ4v) is 4.70. The summed E-state index contributed by atoms with van der Waals surface area (Å²) in [4.78, 5) is 0. The molecule has 0 atom stereocenters. The number of hydrogen-bond donors (Lipinski definition) is 0. The summed E-state index contributed by atoms with van der Waals surface area (Å²) in [5.41, 5.74) is 0. The monoisotopic (exact) mass is 178 g/mol. The molecule has 0 saturated carbocycles. The van der Waals surface area contributed by atoms with Crippen molar-refractivity contribution in [3.8, 4) is 0 Å². The Kier molecular flexibility index (Phi) is 4.75. The fraction of sp³-hybridized carbons (Fsp3) is 1.00. The van der Waals surface area contributed by atoms with Gasteiger partial charge in [0.2, 0.25) is 0 Å². The van der Waals surface area contributed by atoms with E-state index in [1.165, 1.54) is 12.8 Å². The first-order chi connectivity index (χ1) is 4.06. The standard InChI is InChI=1S/2C4H9.Zn/c1-4(2)3;1-3-4-2;/h1-3H3;1,3-4H2,2H3;. The Hall–Kier alpha value is 0.623. The van der Waals surface area contributed by atoms with Gasteiger partial charge in [0.1, 0.15) is 0 Å². The van der Waals surface area contributed by atoms with Crippen LogP contribution in [0.25, 0.3) is 0 Å². The van der Waals surface area contributed by atoms with Crippen molar-refractivity contribution in [1.29, 1.82) is 0 Å². The van der Waals surface area contributed by atoms with Gasteiger partial charge in [0.25, 0.3) is 0 Å². The first-order valence-corrected chi connectivity index (χ1v) is 7.64. The van der Waals surface area contributed by atoms with E-state index in [9.17, 15) is 0 Å². The molecule has 0 heterocycles. The minimum absolute atomic E-state index is 0.159. The van der Waals surface area contributed by atoms with E-state index in [0.29, 0.717) is 0 Å². The molecule has 0 saturated heterocycles. The molecule has 0 nitrogen and oxygen atoms in total. The van der Waals surface area contributed by atoms with Gasteiger partial charge < -0.3 is 0 Å². The van der Waals surface area contributed by atoms with Crippen molar-refractivity contribution in [2.45, 2.75) is 49.6 Å². The summed E-state index contributed by atoms with van der Waals surface area (Å²) >= 11 is -0.159. The number of rotatable bonds is 3. The molecule has 0 aromatic rings. The van der Waals surface area contributed by atoms with E-state index in [4.69, 9.17) is 0 Å². The second kappa shape index (κ2) is 4.44. The third kappa shape index (κ3) is 8.62. The van der Waals surface area contributed by atoms with E-state index in [2.05, 4.69) is 27.7 Å². The van der Waals surface area contributed by atoms with Crippen LogP contribution < -0.4 is 0 Å². The van der Waals surface area contributed by atoms with Gasteiger partial charge in [-0.2, -0.15) is 0 Å². The van der Waals surface area contributed by atoms with Crippen molar-refractivity contribution in [2.75, 3.05) is 0 Å². The molecule has 0 aliphatic rings. The van der Waals surface area contributed by atoms with Gasteiger partial charge in [-0.05, 0) is 0 Å². The van der Waals surface area contributed by atoms with Crippen LogP contribution in [0.2, 0.25) is 9.02 Å². The Labute approximate surface area is 67.0 Å². The van der Waals surface area contributed by atoms with Gasteiger partial charge in [-0.25, -0.2) is 0 Å². The van der Waals surface area contributed by atoms with Crippen LogP contribution in [0.5, 0.6) is 0 Å². The van der Waals surface area contributed by atoms with Crippen LogP contribution in [-0.4, -0.2) is 0 Å². The van der Waals surface area contributed by atoms with Crippen molar-refractivity contribution in [2.24, 2.45) is 0 Å². The van der Waals surface area contributed by atoms with Crippen LogP contribution in [0, 0.1) is 0 Å². The average molecular weight is 180 g/mol. The molecule has 0 fully saturated rings. The molecule has 0 unspecified atom stereocenters. The number of unbranched alkanes of at least 4 members (excludes halogenated alkanes) is 1. The van der Waals surface area contributed by atoms with Gasteiger partial charge >= 0.3 is 66.7 Å². The zero-order valence-electron chi connectivity index (χ0n) is 7.33. The molecule has 0 rings (SSSR count). The summed E-state index contributed by atoms with van der Waals surface area (Å²) in [7, 11) is 0. The maximum atomic E-state index is 2.39. The zero-order chi connectivity index (χ0) is 7.33. The van der Waals surface area contributed by atoms with Crippen molar-refractivity contribution in [3.63, 3.8) is 0 Å². The molecule has 9 heavy (non-hydrogen) atoms. The topological polar surface area (TPSA) is 0 Å². The molecular weight excluding hydrogens is 161 g/mol. The van der Waals surface area contributed by atoms with Gasteiger partial charge in [-0.3, -0.25) is 0 Å². The second-order valence-corrected chi connectivity index (χ2v) is 11.0. The summed E-state index contributed by atoms with van der Waals surface area (Å²) in [5, 5.41) is 1.59. The zero-order valence-corrected chi connectivity index (χ0v) is 10.3. The van der Waals surface area contributed by atoms with Crippen LogP contribution in [0.1, 0.15) is 40.5 Å². The summed E-state index contributed by atoms with van der Waals surface area (Å²) in [6, 6.07) is 0. The third-order valence-corrected chi connectivity index (χ3v) is 6.47. The quantitative estimate of drug-likeness (QED) is 0.460. The predicted octanol–water partition coefficient (Wildman–Crippen LogP) is 3.51. The van der Waals surface area contributed by atoms with Crippen LogP contribution in [0.3, 0.4) is 0 Å². The molecule has 0 radical (unpaired) electrons. The Morgan fingerprint density at radius 3 is 2.11 bits per heavy atom. The van der Waals surface area contributed by atoms with E-state index < -0.39 is 0 Å².